The zero-order valence-corrected chi connectivity index (χ0v) is 15.2. The summed E-state index contributed by atoms with van der Waals surface area (Å²) in [6.07, 6.45) is 1.34. The van der Waals surface area contributed by atoms with Gasteiger partial charge >= 0.3 is 12.1 Å². The minimum Gasteiger partial charge on any atom is -0.465 e. The number of nitrogens with zero attached hydrogens (tertiary/aromatic N) is 1. The quantitative estimate of drug-likeness (QED) is 0.642. The molecule has 0 saturated carbocycles. The first-order valence-corrected chi connectivity index (χ1v) is 8.74. The third-order valence-corrected chi connectivity index (χ3v) is 4.40. The number of hydrogen-bond acceptors (Lipinski definition) is 3. The molecule has 1 aliphatic heterocycles. The number of carboxylic acid groups (broad SMARTS) is 1. The van der Waals surface area contributed by atoms with Gasteiger partial charge in [-0.3, -0.25) is 0 Å². The Hall–Kier alpha value is -2.35. The Kier molecular flexibility index (Phi) is 6.42. The number of likely N-dealkylation sites (tertiary alicyclic amines) is 1. The lowest BCUT2D eigenvalue weighted by Crippen LogP contribution is -2.46. The molecule has 5 N–H and O–H groups in total. The minimum atomic E-state index is -0.888. The number of carbonyl (C=O) groups is 2. The highest BCUT2D eigenvalue weighted by Gasteiger charge is 2.22. The smallest absolute Gasteiger partial charge is 0.407 e. The predicted octanol–water partition coefficient (Wildman–Crippen LogP) is 2.62. The highest BCUT2D eigenvalue weighted by Crippen LogP contribution is 2.24. The Balaban J connectivity index is 1.87. The summed E-state index contributed by atoms with van der Waals surface area (Å²) < 4.78 is 14.3. The monoisotopic (exact) mass is 366 g/mol. The summed E-state index contributed by atoms with van der Waals surface area (Å²) in [6.45, 7) is 4.86. The van der Waals surface area contributed by atoms with Crippen LogP contribution in [-0.4, -0.2) is 47.3 Å². The average molecular weight is 366 g/mol. The fraction of sp³-hybridized carbons (Fsp3) is 0.556. The van der Waals surface area contributed by atoms with Gasteiger partial charge in [-0.1, -0.05) is 6.07 Å². The molecule has 8 heteroatoms. The van der Waals surface area contributed by atoms with Crippen molar-refractivity contribution in [3.63, 3.8) is 0 Å². The molecule has 0 atom stereocenters. The van der Waals surface area contributed by atoms with Crippen molar-refractivity contribution in [3.8, 4) is 0 Å². The zero-order chi connectivity index (χ0) is 19.3. The number of nitrogens with two attached hydrogens (primary N) is 1. The summed E-state index contributed by atoms with van der Waals surface area (Å²) in [5.74, 6) is -0.161. The van der Waals surface area contributed by atoms with Gasteiger partial charge in [0, 0.05) is 25.2 Å². The lowest BCUT2D eigenvalue weighted by atomic mass is 9.90. The molecule has 2 rings (SSSR count). The first-order chi connectivity index (χ1) is 12.1. The van der Waals surface area contributed by atoms with Gasteiger partial charge in [0.05, 0.1) is 5.69 Å². The second-order valence-corrected chi connectivity index (χ2v) is 7.53. The van der Waals surface area contributed by atoms with Crippen LogP contribution in [0.3, 0.4) is 0 Å². The van der Waals surface area contributed by atoms with Gasteiger partial charge < -0.3 is 26.4 Å². The van der Waals surface area contributed by atoms with E-state index in [9.17, 15) is 14.0 Å². The van der Waals surface area contributed by atoms with Crippen molar-refractivity contribution in [1.82, 2.24) is 10.2 Å². The fourth-order valence-corrected chi connectivity index (χ4v) is 2.92. The van der Waals surface area contributed by atoms with E-state index in [2.05, 4.69) is 10.6 Å². The van der Waals surface area contributed by atoms with Crippen LogP contribution in [0.25, 0.3) is 0 Å². The Labute approximate surface area is 152 Å². The van der Waals surface area contributed by atoms with Crippen LogP contribution in [0.15, 0.2) is 18.2 Å². The average Bonchev–Trinajstić information content (AvgIpc) is 2.55. The van der Waals surface area contributed by atoms with Gasteiger partial charge in [-0.15, -0.1) is 0 Å². The van der Waals surface area contributed by atoms with Crippen molar-refractivity contribution < 1.29 is 19.1 Å². The minimum absolute atomic E-state index is 0.113. The summed E-state index contributed by atoms with van der Waals surface area (Å²) in [5, 5.41) is 14.0. The van der Waals surface area contributed by atoms with Gasteiger partial charge in [0.1, 0.15) is 5.82 Å². The number of halogens is 1. The fourth-order valence-electron chi connectivity index (χ4n) is 2.92. The maximum Gasteiger partial charge on any atom is 0.407 e. The van der Waals surface area contributed by atoms with Crippen molar-refractivity contribution in [2.24, 2.45) is 11.7 Å². The number of amides is 3. The van der Waals surface area contributed by atoms with Crippen molar-refractivity contribution in [1.29, 1.82) is 0 Å². The number of urea groups is 1. The third-order valence-electron chi connectivity index (χ3n) is 4.40. The molecule has 3 amide bonds. The highest BCUT2D eigenvalue weighted by atomic mass is 19.1. The molecule has 1 aromatic rings. The largest absolute Gasteiger partial charge is 0.465 e. The van der Waals surface area contributed by atoms with Crippen LogP contribution in [0.2, 0.25) is 0 Å². The molecule has 7 nitrogen and oxygen atoms in total. The number of rotatable bonds is 5. The van der Waals surface area contributed by atoms with Gasteiger partial charge in [-0.25, -0.2) is 14.0 Å². The maximum atomic E-state index is 14.3. The van der Waals surface area contributed by atoms with E-state index in [4.69, 9.17) is 10.8 Å². The Bertz CT molecular complexity index is 652. The standard InChI is InChI=1S/C18H27FN4O3/c1-18(2,20)11-21-16(24)22-15-4-3-13(10-14(15)19)9-12-5-7-23(8-6-12)17(25)26/h3-4,10,12H,5-9,11,20H2,1-2H3,(H,25,26)(H2,21,22,24). The van der Waals surface area contributed by atoms with E-state index in [1.807, 2.05) is 0 Å². The van der Waals surface area contributed by atoms with Crippen LogP contribution in [0, 0.1) is 11.7 Å². The van der Waals surface area contributed by atoms with Crippen LogP contribution in [0.5, 0.6) is 0 Å². The molecule has 1 aromatic carbocycles. The molecule has 1 heterocycles. The van der Waals surface area contributed by atoms with E-state index in [0.29, 0.717) is 25.4 Å². The summed E-state index contributed by atoms with van der Waals surface area (Å²) in [4.78, 5) is 24.1. The molecule has 0 aromatic heterocycles. The molecule has 0 unspecified atom stereocenters. The molecule has 0 spiro atoms. The van der Waals surface area contributed by atoms with Gasteiger partial charge in [0.25, 0.3) is 0 Å². The Morgan fingerprint density at radius 3 is 2.54 bits per heavy atom. The van der Waals surface area contributed by atoms with E-state index in [1.165, 1.54) is 11.0 Å². The van der Waals surface area contributed by atoms with Crippen LogP contribution in [0.4, 0.5) is 19.7 Å². The van der Waals surface area contributed by atoms with E-state index in [1.54, 1.807) is 26.0 Å². The van der Waals surface area contributed by atoms with E-state index < -0.39 is 23.5 Å². The van der Waals surface area contributed by atoms with Gasteiger partial charge in [-0.2, -0.15) is 0 Å². The first kappa shape index (κ1) is 20.0. The van der Waals surface area contributed by atoms with Crippen molar-refractivity contribution in [2.75, 3.05) is 25.0 Å². The van der Waals surface area contributed by atoms with Crippen LogP contribution < -0.4 is 16.4 Å². The summed E-state index contributed by atoms with van der Waals surface area (Å²) in [6, 6.07) is 4.25. The van der Waals surface area contributed by atoms with Gasteiger partial charge in [0.15, 0.2) is 0 Å². The molecule has 1 saturated heterocycles. The second-order valence-electron chi connectivity index (χ2n) is 7.53. The molecular formula is C18H27FN4O3. The SMILES string of the molecule is CC(C)(N)CNC(=O)Nc1ccc(CC2CCN(C(=O)O)CC2)cc1F. The normalized spacial score (nSPS) is 15.6. The number of carbonyl (C=O) groups excluding carboxylic acids is 1. The zero-order valence-electron chi connectivity index (χ0n) is 15.2. The lowest BCUT2D eigenvalue weighted by Gasteiger charge is -2.30. The van der Waals surface area contributed by atoms with E-state index >= 15 is 0 Å². The van der Waals surface area contributed by atoms with Crippen molar-refractivity contribution in [3.05, 3.63) is 29.6 Å². The van der Waals surface area contributed by atoms with Crippen LogP contribution in [0.1, 0.15) is 32.3 Å². The molecule has 0 radical (unpaired) electrons. The van der Waals surface area contributed by atoms with Gasteiger partial charge in [-0.05, 0) is 56.7 Å². The second kappa shape index (κ2) is 8.35. The molecule has 0 bridgehead atoms. The summed E-state index contributed by atoms with van der Waals surface area (Å²) >= 11 is 0. The number of benzene rings is 1. The maximum absolute atomic E-state index is 14.3. The molecule has 0 aliphatic carbocycles. The Morgan fingerprint density at radius 2 is 2.00 bits per heavy atom. The molecule has 26 heavy (non-hydrogen) atoms. The third kappa shape index (κ3) is 6.18. The number of anilines is 1. The number of nitrogens with one attached hydrogen (secondary N) is 2. The number of hydrogen-bond donors (Lipinski definition) is 4. The van der Waals surface area contributed by atoms with Crippen LogP contribution in [-0.2, 0) is 6.42 Å². The van der Waals surface area contributed by atoms with E-state index in [-0.39, 0.29) is 12.2 Å². The molecule has 1 fully saturated rings. The summed E-state index contributed by atoms with van der Waals surface area (Å²) in [5.41, 5.74) is 6.19. The summed E-state index contributed by atoms with van der Waals surface area (Å²) in [7, 11) is 0. The highest BCUT2D eigenvalue weighted by molar-refractivity contribution is 5.89. The predicted molar refractivity (Wildman–Crippen MR) is 97.7 cm³/mol. The molecule has 144 valence electrons. The molecule has 1 aliphatic rings. The number of piperidine rings is 1. The van der Waals surface area contributed by atoms with E-state index in [0.717, 1.165) is 18.4 Å². The first-order valence-electron chi connectivity index (χ1n) is 8.74. The Morgan fingerprint density at radius 1 is 1.35 bits per heavy atom. The van der Waals surface area contributed by atoms with Crippen LogP contribution >= 0.6 is 0 Å². The molecular weight excluding hydrogens is 339 g/mol. The topological polar surface area (TPSA) is 108 Å². The van der Waals surface area contributed by atoms with Crippen molar-refractivity contribution >= 4 is 17.8 Å². The van der Waals surface area contributed by atoms with Crippen molar-refractivity contribution in [2.45, 2.75) is 38.6 Å². The van der Waals surface area contributed by atoms with Gasteiger partial charge in [0.2, 0.25) is 0 Å². The lowest BCUT2D eigenvalue weighted by molar-refractivity contribution is 0.124.